The van der Waals surface area contributed by atoms with Gasteiger partial charge in [-0.1, -0.05) is 24.6 Å². The number of nitrogens with zero attached hydrogens (tertiary/aromatic N) is 1. The molecule has 1 aliphatic rings. The van der Waals surface area contributed by atoms with Crippen LogP contribution < -0.4 is 10.6 Å². The predicted octanol–water partition coefficient (Wildman–Crippen LogP) is 3.08. The number of hydrogen-bond donors (Lipinski definition) is 1. The lowest BCUT2D eigenvalue weighted by molar-refractivity contribution is 0.438. The van der Waals surface area contributed by atoms with E-state index in [1.807, 2.05) is 12.1 Å². The lowest BCUT2D eigenvalue weighted by Gasteiger charge is -2.33. The summed E-state index contributed by atoms with van der Waals surface area (Å²) >= 11 is 6.27. The van der Waals surface area contributed by atoms with Gasteiger partial charge in [-0.15, -0.1) is 0 Å². The van der Waals surface area contributed by atoms with E-state index in [1.54, 1.807) is 0 Å². The summed E-state index contributed by atoms with van der Waals surface area (Å²) in [7, 11) is 0. The molecule has 1 fully saturated rings. The first-order valence-corrected chi connectivity index (χ1v) is 6.82. The Kier molecular flexibility index (Phi) is 4.30. The van der Waals surface area contributed by atoms with Gasteiger partial charge in [0.1, 0.15) is 0 Å². The lowest BCUT2D eigenvalue weighted by Crippen LogP contribution is -2.33. The summed E-state index contributed by atoms with van der Waals surface area (Å²) in [6, 6.07) is 6.17. The molecule has 3 heteroatoms. The molecule has 0 saturated carbocycles. The molecule has 0 radical (unpaired) electrons. The van der Waals surface area contributed by atoms with E-state index < -0.39 is 0 Å². The summed E-state index contributed by atoms with van der Waals surface area (Å²) in [5.74, 6) is 0.850. The molecule has 94 valence electrons. The summed E-state index contributed by atoms with van der Waals surface area (Å²) in [5, 5.41) is 0.853. The molecule has 0 aromatic heterocycles. The fourth-order valence-electron chi connectivity index (χ4n) is 2.48. The van der Waals surface area contributed by atoms with Crippen LogP contribution in [0.2, 0.25) is 5.02 Å². The zero-order valence-electron chi connectivity index (χ0n) is 10.5. The summed E-state index contributed by atoms with van der Waals surface area (Å²) in [6.45, 7) is 5.26. The molecule has 1 heterocycles. The van der Waals surface area contributed by atoms with E-state index in [2.05, 4.69) is 17.9 Å². The number of nitrogens with two attached hydrogens (primary N) is 1. The monoisotopic (exact) mass is 252 g/mol. The molecular formula is C14H21ClN2. The van der Waals surface area contributed by atoms with Crippen molar-refractivity contribution in [3.8, 4) is 0 Å². The van der Waals surface area contributed by atoms with Gasteiger partial charge in [0, 0.05) is 23.8 Å². The molecule has 2 N–H and O–H groups in total. The van der Waals surface area contributed by atoms with Crippen LogP contribution in [0.15, 0.2) is 18.2 Å². The van der Waals surface area contributed by atoms with E-state index in [0.717, 1.165) is 30.5 Å². The molecule has 0 atom stereocenters. The average molecular weight is 253 g/mol. The van der Waals surface area contributed by atoms with Crippen LogP contribution in [0.25, 0.3) is 0 Å². The Balaban J connectivity index is 2.22. The first-order chi connectivity index (χ1) is 8.22. The van der Waals surface area contributed by atoms with Gasteiger partial charge < -0.3 is 10.6 Å². The molecule has 0 aliphatic carbocycles. The Morgan fingerprint density at radius 2 is 2.06 bits per heavy atom. The van der Waals surface area contributed by atoms with Crippen LogP contribution in [0.3, 0.4) is 0 Å². The van der Waals surface area contributed by atoms with Crippen LogP contribution in [-0.2, 0) is 6.42 Å². The highest BCUT2D eigenvalue weighted by molar-refractivity contribution is 6.31. The SMILES string of the molecule is CC1CCN(c2cccc(Cl)c2CCN)CC1. The zero-order valence-corrected chi connectivity index (χ0v) is 11.2. The largest absolute Gasteiger partial charge is 0.371 e. The van der Waals surface area contributed by atoms with Crippen LogP contribution in [-0.4, -0.2) is 19.6 Å². The second-order valence-electron chi connectivity index (χ2n) is 4.95. The topological polar surface area (TPSA) is 29.3 Å². The van der Waals surface area contributed by atoms with E-state index in [4.69, 9.17) is 17.3 Å². The highest BCUT2D eigenvalue weighted by Crippen LogP contribution is 2.30. The molecule has 1 saturated heterocycles. The van der Waals surface area contributed by atoms with Crippen molar-refractivity contribution < 1.29 is 0 Å². The third-order valence-electron chi connectivity index (χ3n) is 3.61. The van der Waals surface area contributed by atoms with Gasteiger partial charge in [-0.2, -0.15) is 0 Å². The Labute approximate surface area is 109 Å². The maximum atomic E-state index is 6.27. The number of hydrogen-bond acceptors (Lipinski definition) is 2. The first-order valence-electron chi connectivity index (χ1n) is 6.44. The van der Waals surface area contributed by atoms with Gasteiger partial charge in [0.05, 0.1) is 0 Å². The summed E-state index contributed by atoms with van der Waals surface area (Å²) in [4.78, 5) is 2.46. The third-order valence-corrected chi connectivity index (χ3v) is 3.97. The Morgan fingerprint density at radius 1 is 1.35 bits per heavy atom. The molecule has 0 amide bonds. The average Bonchev–Trinajstić information content (AvgIpc) is 2.33. The minimum absolute atomic E-state index is 0.654. The summed E-state index contributed by atoms with van der Waals surface area (Å²) in [6.07, 6.45) is 3.41. The molecule has 1 aromatic rings. The molecule has 0 bridgehead atoms. The fraction of sp³-hybridized carbons (Fsp3) is 0.571. The van der Waals surface area contributed by atoms with Crippen LogP contribution in [0, 0.1) is 5.92 Å². The van der Waals surface area contributed by atoms with Crippen molar-refractivity contribution in [2.24, 2.45) is 11.7 Å². The van der Waals surface area contributed by atoms with Crippen LogP contribution in [0.1, 0.15) is 25.3 Å². The normalized spacial score (nSPS) is 17.5. The molecule has 0 spiro atoms. The second kappa shape index (κ2) is 5.74. The van der Waals surface area contributed by atoms with Gasteiger partial charge in [0.15, 0.2) is 0 Å². The zero-order chi connectivity index (χ0) is 12.3. The molecular weight excluding hydrogens is 232 g/mol. The van der Waals surface area contributed by atoms with Gasteiger partial charge in [-0.3, -0.25) is 0 Å². The van der Waals surface area contributed by atoms with Crippen LogP contribution >= 0.6 is 11.6 Å². The predicted molar refractivity (Wildman–Crippen MR) is 74.8 cm³/mol. The van der Waals surface area contributed by atoms with Crippen molar-refractivity contribution in [2.45, 2.75) is 26.2 Å². The van der Waals surface area contributed by atoms with Gasteiger partial charge in [-0.25, -0.2) is 0 Å². The van der Waals surface area contributed by atoms with Crippen molar-refractivity contribution in [1.82, 2.24) is 0 Å². The Morgan fingerprint density at radius 3 is 2.71 bits per heavy atom. The number of benzene rings is 1. The summed E-state index contributed by atoms with van der Waals surface area (Å²) in [5.41, 5.74) is 8.17. The van der Waals surface area contributed by atoms with Crippen LogP contribution in [0.4, 0.5) is 5.69 Å². The molecule has 0 unspecified atom stereocenters. The first kappa shape index (κ1) is 12.7. The van der Waals surface area contributed by atoms with E-state index >= 15 is 0 Å². The van der Waals surface area contributed by atoms with Crippen molar-refractivity contribution >= 4 is 17.3 Å². The lowest BCUT2D eigenvalue weighted by atomic mass is 9.97. The number of anilines is 1. The number of halogens is 1. The maximum absolute atomic E-state index is 6.27. The van der Waals surface area contributed by atoms with E-state index in [0.29, 0.717) is 6.54 Å². The molecule has 1 aromatic carbocycles. The molecule has 2 nitrogen and oxygen atoms in total. The van der Waals surface area contributed by atoms with E-state index in [-0.39, 0.29) is 0 Å². The number of piperidine rings is 1. The fourth-order valence-corrected chi connectivity index (χ4v) is 2.75. The highest BCUT2D eigenvalue weighted by atomic mass is 35.5. The smallest absolute Gasteiger partial charge is 0.0459 e. The van der Waals surface area contributed by atoms with Crippen molar-refractivity contribution in [3.63, 3.8) is 0 Å². The van der Waals surface area contributed by atoms with Gasteiger partial charge in [0.2, 0.25) is 0 Å². The van der Waals surface area contributed by atoms with Crippen molar-refractivity contribution in [3.05, 3.63) is 28.8 Å². The number of rotatable bonds is 3. The minimum atomic E-state index is 0.654. The van der Waals surface area contributed by atoms with E-state index in [1.165, 1.54) is 24.1 Å². The van der Waals surface area contributed by atoms with E-state index in [9.17, 15) is 0 Å². The van der Waals surface area contributed by atoms with Gasteiger partial charge in [0.25, 0.3) is 0 Å². The molecule has 1 aliphatic heterocycles. The van der Waals surface area contributed by atoms with Crippen molar-refractivity contribution in [2.75, 3.05) is 24.5 Å². The molecule has 17 heavy (non-hydrogen) atoms. The third kappa shape index (κ3) is 2.93. The Bertz CT molecular complexity index is 370. The van der Waals surface area contributed by atoms with Crippen LogP contribution in [0.5, 0.6) is 0 Å². The maximum Gasteiger partial charge on any atom is 0.0459 e. The Hall–Kier alpha value is -0.730. The second-order valence-corrected chi connectivity index (χ2v) is 5.35. The quantitative estimate of drug-likeness (QED) is 0.896. The summed E-state index contributed by atoms with van der Waals surface area (Å²) < 4.78 is 0. The minimum Gasteiger partial charge on any atom is -0.371 e. The van der Waals surface area contributed by atoms with Gasteiger partial charge in [-0.05, 0) is 49.4 Å². The van der Waals surface area contributed by atoms with Gasteiger partial charge >= 0.3 is 0 Å². The highest BCUT2D eigenvalue weighted by Gasteiger charge is 2.18. The standard InChI is InChI=1S/C14H21ClN2/c1-11-6-9-17(10-7-11)14-4-2-3-13(15)12(14)5-8-16/h2-4,11H,5-10,16H2,1H3. The molecule has 2 rings (SSSR count). The van der Waals surface area contributed by atoms with Crippen molar-refractivity contribution in [1.29, 1.82) is 0 Å².